The molecule has 3 nitrogen and oxygen atoms in total. The molecule has 0 atom stereocenters. The number of unbranched alkanes of at least 4 members (excludes halogenated alkanes) is 10. The summed E-state index contributed by atoms with van der Waals surface area (Å²) in [6.45, 7) is 6.46. The third kappa shape index (κ3) is 11.6. The minimum atomic E-state index is -0.241. The molecule has 0 aliphatic heterocycles. The molecule has 0 aromatic heterocycles. The number of carbonyl (C=O) groups is 1. The molecular formula is C19H37NO2. The van der Waals surface area contributed by atoms with Crippen LogP contribution >= 0.6 is 0 Å². The maximum Gasteiger partial charge on any atom is 0.335 e. The fourth-order valence-corrected chi connectivity index (χ4v) is 2.60. The van der Waals surface area contributed by atoms with Crippen molar-refractivity contribution < 1.29 is 9.53 Å². The highest BCUT2D eigenvalue weighted by Crippen LogP contribution is 2.12. The highest BCUT2D eigenvalue weighted by atomic mass is 16.5. The Hall–Kier alpha value is -0.990. The van der Waals surface area contributed by atoms with Crippen LogP contribution in [0.1, 0.15) is 97.8 Å². The van der Waals surface area contributed by atoms with Crippen molar-refractivity contribution in [2.45, 2.75) is 97.8 Å². The molecule has 0 aliphatic carbocycles. The van der Waals surface area contributed by atoms with Crippen LogP contribution in [0.2, 0.25) is 0 Å². The van der Waals surface area contributed by atoms with E-state index in [2.05, 4.69) is 6.92 Å². The van der Waals surface area contributed by atoms with Crippen LogP contribution in [0.15, 0.2) is 11.3 Å². The minimum absolute atomic E-state index is 0.241. The van der Waals surface area contributed by atoms with Gasteiger partial charge in [-0.15, -0.1) is 0 Å². The average Bonchev–Trinajstić information content (AvgIpc) is 2.48. The Balaban J connectivity index is 3.37. The number of hydrogen-bond donors (Lipinski definition) is 1. The van der Waals surface area contributed by atoms with E-state index >= 15 is 0 Å². The van der Waals surface area contributed by atoms with Gasteiger partial charge in [0.05, 0.1) is 12.2 Å². The molecule has 0 spiro atoms. The zero-order chi connectivity index (χ0) is 16.6. The van der Waals surface area contributed by atoms with Gasteiger partial charge in [-0.25, -0.2) is 4.79 Å². The zero-order valence-corrected chi connectivity index (χ0v) is 15.1. The lowest BCUT2D eigenvalue weighted by molar-refractivity contribution is -0.139. The molecule has 0 bridgehead atoms. The van der Waals surface area contributed by atoms with Crippen LogP contribution in [0, 0.1) is 0 Å². The summed E-state index contributed by atoms with van der Waals surface area (Å²) < 4.78 is 5.26. The largest absolute Gasteiger partial charge is 0.462 e. The Morgan fingerprint density at radius 1 is 0.818 bits per heavy atom. The van der Waals surface area contributed by atoms with Crippen molar-refractivity contribution in [3.63, 3.8) is 0 Å². The minimum Gasteiger partial charge on any atom is -0.462 e. The second-order valence-electron chi connectivity index (χ2n) is 6.19. The number of nitrogens with two attached hydrogens (primary N) is 1. The SMILES string of the molecule is CCCCCCCCCCCCCOC(=O)C(CC)=C(C)N. The van der Waals surface area contributed by atoms with Gasteiger partial charge in [0, 0.05) is 5.70 Å². The highest BCUT2D eigenvalue weighted by Gasteiger charge is 2.10. The van der Waals surface area contributed by atoms with E-state index in [0.29, 0.717) is 24.3 Å². The standard InChI is InChI=1S/C19H37NO2/c1-4-6-7-8-9-10-11-12-13-14-15-16-22-19(21)18(5-2)17(3)20/h4-16,20H2,1-3H3. The summed E-state index contributed by atoms with van der Waals surface area (Å²) in [6, 6.07) is 0. The second-order valence-corrected chi connectivity index (χ2v) is 6.19. The summed E-state index contributed by atoms with van der Waals surface area (Å²) in [5, 5.41) is 0. The number of rotatable bonds is 14. The van der Waals surface area contributed by atoms with Crippen LogP contribution in [-0.4, -0.2) is 12.6 Å². The molecule has 0 amide bonds. The quantitative estimate of drug-likeness (QED) is 0.262. The van der Waals surface area contributed by atoms with Crippen molar-refractivity contribution in [1.82, 2.24) is 0 Å². The summed E-state index contributed by atoms with van der Waals surface area (Å²) in [7, 11) is 0. The van der Waals surface area contributed by atoms with E-state index in [-0.39, 0.29) is 5.97 Å². The lowest BCUT2D eigenvalue weighted by atomic mass is 10.1. The average molecular weight is 312 g/mol. The third-order valence-electron chi connectivity index (χ3n) is 4.06. The molecule has 0 fully saturated rings. The topological polar surface area (TPSA) is 52.3 Å². The van der Waals surface area contributed by atoms with Crippen molar-refractivity contribution in [3.05, 3.63) is 11.3 Å². The maximum atomic E-state index is 11.7. The summed E-state index contributed by atoms with van der Waals surface area (Å²) in [5.41, 5.74) is 6.85. The van der Waals surface area contributed by atoms with E-state index in [1.807, 2.05) is 6.92 Å². The fourth-order valence-electron chi connectivity index (χ4n) is 2.60. The van der Waals surface area contributed by atoms with Gasteiger partial charge in [-0.05, 0) is 19.8 Å². The Morgan fingerprint density at radius 2 is 1.27 bits per heavy atom. The van der Waals surface area contributed by atoms with Crippen LogP contribution in [0.3, 0.4) is 0 Å². The van der Waals surface area contributed by atoms with Crippen LogP contribution < -0.4 is 5.73 Å². The Labute approximate surface area is 137 Å². The summed E-state index contributed by atoms with van der Waals surface area (Å²) in [6.07, 6.45) is 14.9. The molecule has 0 aromatic carbocycles. The fraction of sp³-hybridized carbons (Fsp3) is 0.842. The highest BCUT2D eigenvalue weighted by molar-refractivity contribution is 5.88. The van der Waals surface area contributed by atoms with Crippen molar-refractivity contribution in [2.75, 3.05) is 6.61 Å². The smallest absolute Gasteiger partial charge is 0.335 e. The molecule has 0 saturated carbocycles. The molecule has 0 heterocycles. The predicted molar refractivity (Wildman–Crippen MR) is 94.6 cm³/mol. The molecule has 0 rings (SSSR count). The maximum absolute atomic E-state index is 11.7. The van der Waals surface area contributed by atoms with Gasteiger partial charge in [0.1, 0.15) is 0 Å². The first kappa shape index (κ1) is 21.0. The van der Waals surface area contributed by atoms with Gasteiger partial charge in [-0.1, -0.05) is 78.1 Å². The first-order valence-electron chi connectivity index (χ1n) is 9.25. The first-order valence-corrected chi connectivity index (χ1v) is 9.25. The summed E-state index contributed by atoms with van der Waals surface area (Å²) in [4.78, 5) is 11.7. The molecule has 0 aromatic rings. The van der Waals surface area contributed by atoms with Crippen LogP contribution in [-0.2, 0) is 9.53 Å². The van der Waals surface area contributed by atoms with Gasteiger partial charge in [-0.2, -0.15) is 0 Å². The Bertz CT molecular complexity index is 307. The van der Waals surface area contributed by atoms with Gasteiger partial charge < -0.3 is 10.5 Å². The van der Waals surface area contributed by atoms with E-state index in [9.17, 15) is 4.79 Å². The van der Waals surface area contributed by atoms with Gasteiger partial charge in [0.2, 0.25) is 0 Å². The van der Waals surface area contributed by atoms with E-state index in [1.165, 1.54) is 57.8 Å². The first-order chi connectivity index (χ1) is 10.6. The van der Waals surface area contributed by atoms with Crippen LogP contribution in [0.25, 0.3) is 0 Å². The number of allylic oxidation sites excluding steroid dienone is 1. The number of carbonyl (C=O) groups excluding carboxylic acids is 1. The number of ether oxygens (including phenoxy) is 1. The lowest BCUT2D eigenvalue weighted by Gasteiger charge is -2.08. The van der Waals surface area contributed by atoms with Crippen molar-refractivity contribution >= 4 is 5.97 Å². The van der Waals surface area contributed by atoms with E-state index in [1.54, 1.807) is 6.92 Å². The summed E-state index contributed by atoms with van der Waals surface area (Å²) in [5.74, 6) is -0.241. The second kappa shape index (κ2) is 14.9. The summed E-state index contributed by atoms with van der Waals surface area (Å²) >= 11 is 0. The van der Waals surface area contributed by atoms with Crippen molar-refractivity contribution in [1.29, 1.82) is 0 Å². The van der Waals surface area contributed by atoms with Gasteiger partial charge in [0.25, 0.3) is 0 Å². The third-order valence-corrected chi connectivity index (χ3v) is 4.06. The van der Waals surface area contributed by atoms with Crippen molar-refractivity contribution in [2.24, 2.45) is 5.73 Å². The van der Waals surface area contributed by atoms with Crippen LogP contribution in [0.5, 0.6) is 0 Å². The number of hydrogen-bond acceptors (Lipinski definition) is 3. The molecule has 0 unspecified atom stereocenters. The Kier molecular flexibility index (Phi) is 14.3. The van der Waals surface area contributed by atoms with E-state index in [4.69, 9.17) is 10.5 Å². The van der Waals surface area contributed by atoms with Gasteiger partial charge >= 0.3 is 5.97 Å². The molecule has 2 N–H and O–H groups in total. The van der Waals surface area contributed by atoms with Gasteiger partial charge in [-0.3, -0.25) is 0 Å². The molecular weight excluding hydrogens is 274 g/mol. The van der Waals surface area contributed by atoms with Crippen molar-refractivity contribution in [3.8, 4) is 0 Å². The zero-order valence-electron chi connectivity index (χ0n) is 15.1. The molecule has 130 valence electrons. The molecule has 22 heavy (non-hydrogen) atoms. The lowest BCUT2D eigenvalue weighted by Crippen LogP contribution is -2.13. The monoisotopic (exact) mass is 311 g/mol. The molecule has 0 aliphatic rings. The normalized spacial score (nSPS) is 12.1. The predicted octanol–water partition coefficient (Wildman–Crippen LogP) is 5.48. The van der Waals surface area contributed by atoms with E-state index < -0.39 is 0 Å². The number of esters is 1. The Morgan fingerprint density at radius 3 is 1.68 bits per heavy atom. The molecule has 0 saturated heterocycles. The van der Waals surface area contributed by atoms with Gasteiger partial charge in [0.15, 0.2) is 0 Å². The molecule has 3 heteroatoms. The van der Waals surface area contributed by atoms with Crippen LogP contribution in [0.4, 0.5) is 0 Å². The molecule has 0 radical (unpaired) electrons. The van der Waals surface area contributed by atoms with E-state index in [0.717, 1.165) is 12.8 Å².